The van der Waals surface area contributed by atoms with E-state index in [-0.39, 0.29) is 11.0 Å². The molecule has 1 saturated heterocycles. The van der Waals surface area contributed by atoms with Crippen LogP contribution < -0.4 is 4.87 Å². The number of carbonyl (C=O) groups is 1. The molecule has 7 heteroatoms. The lowest BCUT2D eigenvalue weighted by Gasteiger charge is -2.34. The Balaban J connectivity index is 1.20. The normalized spacial score (nSPS) is 14.7. The molecule has 0 saturated carbocycles. The van der Waals surface area contributed by atoms with Gasteiger partial charge in [-0.15, -0.1) is 0 Å². The van der Waals surface area contributed by atoms with Crippen molar-refractivity contribution in [3.05, 3.63) is 75.4 Å². The van der Waals surface area contributed by atoms with Gasteiger partial charge < -0.3 is 14.6 Å². The molecule has 0 bridgehead atoms. The fraction of sp³-hybridized carbons (Fsp3) is 0.385. The summed E-state index contributed by atoms with van der Waals surface area (Å²) >= 11 is 1.22. The van der Waals surface area contributed by atoms with Gasteiger partial charge in [0.15, 0.2) is 0 Å². The molecule has 1 N–H and O–H groups in total. The highest BCUT2D eigenvalue weighted by molar-refractivity contribution is 7.16. The number of nitrogens with one attached hydrogen (secondary N) is 1. The van der Waals surface area contributed by atoms with Gasteiger partial charge in [0, 0.05) is 32.7 Å². The molecule has 0 atom stereocenters. The van der Waals surface area contributed by atoms with E-state index in [2.05, 4.69) is 42.4 Å². The largest absolute Gasteiger partial charge is 0.445 e. The van der Waals surface area contributed by atoms with Crippen LogP contribution in [0, 0.1) is 0 Å². The first-order valence-corrected chi connectivity index (χ1v) is 12.2. The van der Waals surface area contributed by atoms with Gasteiger partial charge >= 0.3 is 11.0 Å². The number of piperazine rings is 1. The van der Waals surface area contributed by atoms with Crippen molar-refractivity contribution in [3.63, 3.8) is 0 Å². The third-order valence-electron chi connectivity index (χ3n) is 6.20. The molecule has 3 aromatic rings. The molecule has 0 unspecified atom stereocenters. The van der Waals surface area contributed by atoms with Crippen molar-refractivity contribution in [2.45, 2.75) is 32.8 Å². The van der Waals surface area contributed by atoms with Crippen molar-refractivity contribution >= 4 is 33.2 Å². The summed E-state index contributed by atoms with van der Waals surface area (Å²) in [6.07, 6.45) is 0.604. The average molecular weight is 466 g/mol. The number of amides is 1. The second-order valence-corrected chi connectivity index (χ2v) is 9.87. The number of nitrogens with zero attached hydrogens (tertiary/aromatic N) is 2. The van der Waals surface area contributed by atoms with Crippen LogP contribution in [-0.2, 0) is 11.3 Å². The van der Waals surface area contributed by atoms with Crippen LogP contribution in [0.25, 0.3) is 15.8 Å². The van der Waals surface area contributed by atoms with Crippen LogP contribution in [0.1, 0.15) is 42.9 Å². The Labute approximate surface area is 198 Å². The number of carbonyl (C=O) groups excluding carboxylic acids is 1. The Morgan fingerprint density at radius 1 is 1.12 bits per heavy atom. The number of ether oxygens (including phenoxy) is 1. The van der Waals surface area contributed by atoms with E-state index in [1.54, 1.807) is 4.90 Å². The number of aromatic nitrogens is 1. The number of thiazole rings is 1. The predicted molar refractivity (Wildman–Crippen MR) is 135 cm³/mol. The third kappa shape index (κ3) is 5.92. The van der Waals surface area contributed by atoms with Gasteiger partial charge in [-0.25, -0.2) is 4.79 Å². The Morgan fingerprint density at radius 3 is 2.55 bits per heavy atom. The van der Waals surface area contributed by atoms with Crippen LogP contribution >= 0.6 is 11.3 Å². The highest BCUT2D eigenvalue weighted by Gasteiger charge is 2.22. The Morgan fingerprint density at radius 2 is 1.85 bits per heavy atom. The first kappa shape index (κ1) is 23.3. The minimum atomic E-state index is -0.245. The number of benzene rings is 2. The van der Waals surface area contributed by atoms with Gasteiger partial charge in [-0.2, -0.15) is 0 Å². The van der Waals surface area contributed by atoms with Crippen molar-refractivity contribution in [2.24, 2.45) is 0 Å². The molecule has 1 amide bonds. The molecule has 4 rings (SSSR count). The zero-order valence-electron chi connectivity index (χ0n) is 19.3. The van der Waals surface area contributed by atoms with Crippen LogP contribution in [0.3, 0.4) is 0 Å². The van der Waals surface area contributed by atoms with Crippen molar-refractivity contribution in [3.8, 4) is 0 Å². The van der Waals surface area contributed by atoms with Gasteiger partial charge in [0.2, 0.25) is 0 Å². The maximum absolute atomic E-state index is 12.5. The van der Waals surface area contributed by atoms with Crippen LogP contribution in [0.15, 0.2) is 53.8 Å². The molecule has 1 aromatic heterocycles. The lowest BCUT2D eigenvalue weighted by molar-refractivity contribution is 0.0722. The quantitative estimate of drug-likeness (QED) is 0.529. The van der Waals surface area contributed by atoms with E-state index in [1.165, 1.54) is 16.9 Å². The molecular formula is C26H31N3O3S. The summed E-state index contributed by atoms with van der Waals surface area (Å²) in [4.78, 5) is 30.9. The summed E-state index contributed by atoms with van der Waals surface area (Å²) in [5.74, 6) is 0.491. The van der Waals surface area contributed by atoms with E-state index in [0.717, 1.165) is 53.0 Å². The number of H-pyrrole nitrogens is 1. The molecule has 2 aromatic carbocycles. The van der Waals surface area contributed by atoms with Gasteiger partial charge in [-0.05, 0) is 46.7 Å². The predicted octanol–water partition coefficient (Wildman–Crippen LogP) is 5.07. The zero-order valence-corrected chi connectivity index (χ0v) is 20.1. The third-order valence-corrected chi connectivity index (χ3v) is 7.04. The number of fused-ring (bicyclic) bond motifs is 1. The molecule has 1 fully saturated rings. The SMILES string of the molecule is C=C(CCN1CCN(C(=O)OCc2ccc(C(C)C)cc2)CC1)c1ccc2[nH]c(=O)sc2c1. The fourth-order valence-corrected chi connectivity index (χ4v) is 4.77. The monoisotopic (exact) mass is 465 g/mol. The van der Waals surface area contributed by atoms with Crippen molar-refractivity contribution in [1.29, 1.82) is 0 Å². The Hall–Kier alpha value is -2.90. The van der Waals surface area contributed by atoms with Crippen LogP contribution in [0.2, 0.25) is 0 Å². The molecule has 6 nitrogen and oxygen atoms in total. The Kier molecular flexibility index (Phi) is 7.30. The van der Waals surface area contributed by atoms with E-state index in [9.17, 15) is 9.59 Å². The summed E-state index contributed by atoms with van der Waals surface area (Å²) in [7, 11) is 0. The number of rotatable bonds is 7. The molecule has 0 radical (unpaired) electrons. The molecule has 1 aliphatic rings. The van der Waals surface area contributed by atoms with Gasteiger partial charge in [0.05, 0.1) is 10.2 Å². The highest BCUT2D eigenvalue weighted by Crippen LogP contribution is 2.23. The van der Waals surface area contributed by atoms with Crippen LogP contribution in [0.4, 0.5) is 4.79 Å². The highest BCUT2D eigenvalue weighted by atomic mass is 32.1. The molecule has 33 heavy (non-hydrogen) atoms. The minimum Gasteiger partial charge on any atom is -0.445 e. The van der Waals surface area contributed by atoms with E-state index in [4.69, 9.17) is 4.74 Å². The molecule has 174 valence electrons. The maximum Gasteiger partial charge on any atom is 0.410 e. The molecule has 2 heterocycles. The first-order chi connectivity index (χ1) is 15.9. The van der Waals surface area contributed by atoms with Crippen LogP contribution in [0.5, 0.6) is 0 Å². The van der Waals surface area contributed by atoms with E-state index in [0.29, 0.717) is 25.6 Å². The molecule has 0 aliphatic carbocycles. The second-order valence-electron chi connectivity index (χ2n) is 8.86. The number of hydrogen-bond acceptors (Lipinski definition) is 5. The second kappa shape index (κ2) is 10.4. The van der Waals surface area contributed by atoms with Gasteiger partial charge in [0.25, 0.3) is 0 Å². The van der Waals surface area contributed by atoms with Crippen molar-refractivity contribution in [2.75, 3.05) is 32.7 Å². The van der Waals surface area contributed by atoms with Crippen LogP contribution in [-0.4, -0.2) is 53.6 Å². The van der Waals surface area contributed by atoms with E-state index in [1.807, 2.05) is 30.3 Å². The molecular weight excluding hydrogens is 434 g/mol. The summed E-state index contributed by atoms with van der Waals surface area (Å²) in [5, 5.41) is 0. The first-order valence-electron chi connectivity index (χ1n) is 11.4. The summed E-state index contributed by atoms with van der Waals surface area (Å²) in [6.45, 7) is 12.7. The topological polar surface area (TPSA) is 65.6 Å². The number of hydrogen-bond donors (Lipinski definition) is 1. The summed E-state index contributed by atoms with van der Waals surface area (Å²) < 4.78 is 6.49. The smallest absolute Gasteiger partial charge is 0.410 e. The summed E-state index contributed by atoms with van der Waals surface area (Å²) in [6, 6.07) is 14.2. The molecule has 0 spiro atoms. The van der Waals surface area contributed by atoms with E-state index >= 15 is 0 Å². The van der Waals surface area contributed by atoms with Gasteiger partial charge in [0.1, 0.15) is 6.61 Å². The maximum atomic E-state index is 12.5. The lowest BCUT2D eigenvalue weighted by Crippen LogP contribution is -2.49. The lowest BCUT2D eigenvalue weighted by atomic mass is 10.0. The standard InChI is InChI=1S/C26H31N3O3S/c1-18(2)21-6-4-20(5-7-21)17-32-26(31)29-14-12-28(13-15-29)11-10-19(3)22-8-9-23-24(16-22)33-25(30)27-23/h4-9,16,18H,3,10-15,17H2,1-2H3,(H,27,30). The van der Waals surface area contributed by atoms with E-state index < -0.39 is 0 Å². The number of aromatic amines is 1. The Bertz CT molecular complexity index is 1170. The molecule has 1 aliphatic heterocycles. The van der Waals surface area contributed by atoms with Crippen molar-refractivity contribution < 1.29 is 9.53 Å². The minimum absolute atomic E-state index is 0.0341. The van der Waals surface area contributed by atoms with Gasteiger partial charge in [-0.1, -0.05) is 62.1 Å². The van der Waals surface area contributed by atoms with Gasteiger partial charge in [-0.3, -0.25) is 9.69 Å². The summed E-state index contributed by atoms with van der Waals surface area (Å²) in [5.41, 5.74) is 5.29. The fourth-order valence-electron chi connectivity index (χ4n) is 3.99. The van der Waals surface area contributed by atoms with Crippen molar-refractivity contribution in [1.82, 2.24) is 14.8 Å². The average Bonchev–Trinajstić information content (AvgIpc) is 3.20. The zero-order chi connectivity index (χ0) is 23.4.